The van der Waals surface area contributed by atoms with Gasteiger partial charge in [-0.25, -0.2) is 8.42 Å². The minimum absolute atomic E-state index is 0.0846. The summed E-state index contributed by atoms with van der Waals surface area (Å²) in [6, 6.07) is 40.2. The van der Waals surface area contributed by atoms with Crippen molar-refractivity contribution >= 4 is 99.5 Å². The van der Waals surface area contributed by atoms with Crippen molar-refractivity contribution in [3.63, 3.8) is 0 Å². The fraction of sp³-hybridized carbons (Fsp3) is 0.325. The summed E-state index contributed by atoms with van der Waals surface area (Å²) >= 11 is 0. The monoisotopic (exact) mass is 1460 g/mol. The number of hydrogen-bond acceptors (Lipinski definition) is 25. The van der Waals surface area contributed by atoms with Crippen LogP contribution in [0, 0.1) is 5.92 Å². The molecule has 4 N–H and O–H groups in total. The van der Waals surface area contributed by atoms with Crippen molar-refractivity contribution in [2.24, 2.45) is 54.1 Å². The lowest BCUT2D eigenvalue weighted by atomic mass is 10.1. The molecule has 19 rings (SSSR count). The van der Waals surface area contributed by atoms with E-state index in [2.05, 4.69) is 112 Å². The van der Waals surface area contributed by atoms with Crippen LogP contribution >= 0.6 is 0 Å². The summed E-state index contributed by atoms with van der Waals surface area (Å²) in [5.41, 5.74) is 15.9. The van der Waals surface area contributed by atoms with Gasteiger partial charge in [0.05, 0.1) is 121 Å². The SMILES string of the molecule is COCCCOc1nn(C)c2cc(NC3=NCc4cccnc43)ccc12.Cn1nc(OC2CCOC2)c2ccc(NC3=NCc4cccnc43)cc21.Cn1nc(OC2CCS(=O)(=O)CC2)c2ccc(NC3=NCc4cccnc43)cc21.Cn1nc(OCC2COC2)c2ccc(NC3=NCc4cccnc43)cc21. The van der Waals surface area contributed by atoms with Crippen molar-refractivity contribution in [2.45, 2.75) is 64.1 Å². The highest BCUT2D eigenvalue weighted by atomic mass is 32.2. The summed E-state index contributed by atoms with van der Waals surface area (Å²) in [5, 5.41) is 35.4. The van der Waals surface area contributed by atoms with E-state index in [1.807, 2.05) is 133 Å². The number of anilines is 4. The maximum absolute atomic E-state index is 11.6. The van der Waals surface area contributed by atoms with Gasteiger partial charge in [0, 0.05) is 130 Å². The summed E-state index contributed by atoms with van der Waals surface area (Å²) in [7, 11) is 6.41. The molecule has 29 nitrogen and oxygen atoms in total. The average Bonchev–Trinajstić information content (AvgIpc) is 1.67. The van der Waals surface area contributed by atoms with E-state index in [9.17, 15) is 8.42 Å². The van der Waals surface area contributed by atoms with E-state index in [1.54, 1.807) is 36.6 Å². The molecule has 0 spiro atoms. The van der Waals surface area contributed by atoms with Crippen LogP contribution in [0.4, 0.5) is 22.7 Å². The number of nitrogens with one attached hydrogen (secondary N) is 4. The third-order valence-corrected chi connectivity index (χ3v) is 21.0. The number of fused-ring (bicyclic) bond motifs is 8. The molecule has 12 aromatic rings. The van der Waals surface area contributed by atoms with Gasteiger partial charge < -0.3 is 54.4 Å². The Morgan fingerprint density at radius 2 is 0.813 bits per heavy atom. The third kappa shape index (κ3) is 15.4. The van der Waals surface area contributed by atoms with Gasteiger partial charge in [0.15, 0.2) is 33.2 Å². The number of aliphatic imine (C=N–C) groups is 4. The van der Waals surface area contributed by atoms with Crippen LogP contribution in [0.1, 0.15) is 70.7 Å². The molecule has 0 radical (unpaired) electrons. The Morgan fingerprint density at radius 3 is 1.18 bits per heavy atom. The van der Waals surface area contributed by atoms with E-state index in [0.717, 1.165) is 167 Å². The second-order valence-electron chi connectivity index (χ2n) is 26.8. The molecule has 0 amide bonds. The molecule has 3 saturated heterocycles. The predicted octanol–water partition coefficient (Wildman–Crippen LogP) is 9.93. The van der Waals surface area contributed by atoms with Crippen LogP contribution in [0.15, 0.2) is 166 Å². The lowest BCUT2D eigenvalue weighted by Gasteiger charge is -2.25. The first-order valence-electron chi connectivity index (χ1n) is 35.6. The maximum Gasteiger partial charge on any atom is 0.241 e. The summed E-state index contributed by atoms with van der Waals surface area (Å²) < 4.78 is 69.9. The number of benzene rings is 4. The van der Waals surface area contributed by atoms with Crippen LogP contribution in [0.2, 0.25) is 0 Å². The average molecular weight is 1460 g/mol. The number of sulfone groups is 1. The Hall–Kier alpha value is -11.7. The van der Waals surface area contributed by atoms with Crippen molar-refractivity contribution in [2.75, 3.05) is 86.1 Å². The second-order valence-corrected chi connectivity index (χ2v) is 29.1. The number of rotatable bonds is 16. The van der Waals surface area contributed by atoms with Crippen molar-refractivity contribution < 1.29 is 41.6 Å². The smallest absolute Gasteiger partial charge is 0.241 e. The standard InChI is InChI=1S/C20H21N5O3S.2C19H19N5O2.C19H21N5O2/c1-25-17-11-14(23-19-18-13(12-22-19)3-2-8-21-18)4-5-16(17)20(24-25)28-15-6-9-29(26,27)10-7-15;1-24-16-9-13(22-18-17-12(10-21-18)3-2-7-20-17)4-5-15(16)19(23-24)26-14-6-8-25-11-14;1-24-16-7-14(22-18-17-13(8-21-18)3-2-6-20-17)4-5-15(16)19(23-24)26-11-12-9-25-10-12;1-24-16-11-14(22-18-17-13(12-21-18)5-3-8-20-17)6-7-15(16)19(23-24)26-10-4-9-25-2/h2-5,8,11,15H,6-7,9-10,12H2,1H3,(H,22,23);2-5,7,9,14H,6,8,10-11H2,1H3,(H,21,22);2-7,12H,8-11H2,1H3,(H,21,22);3,5-8,11H,4,9-10,12H2,1-2H3,(H,21,22). The number of aromatic nitrogens is 12. The molecule has 15 heterocycles. The summed E-state index contributed by atoms with van der Waals surface area (Å²) in [6.45, 7) is 7.47. The molecule has 30 heteroatoms. The lowest BCUT2D eigenvalue weighted by Crippen LogP contribution is -2.32. The molecule has 7 aliphatic heterocycles. The van der Waals surface area contributed by atoms with Crippen LogP contribution in [0.25, 0.3) is 43.6 Å². The van der Waals surface area contributed by atoms with Gasteiger partial charge in [-0.05, 0) is 110 Å². The number of hydrogen-bond donors (Lipinski definition) is 4. The van der Waals surface area contributed by atoms with Gasteiger partial charge in [-0.15, -0.1) is 20.4 Å². The fourth-order valence-electron chi connectivity index (χ4n) is 13.5. The van der Waals surface area contributed by atoms with Crippen LogP contribution in [-0.2, 0) is 78.4 Å². The number of amidine groups is 4. The Balaban J connectivity index is 0.000000109. The first kappa shape index (κ1) is 69.6. The molecule has 0 saturated carbocycles. The van der Waals surface area contributed by atoms with Gasteiger partial charge in [-0.1, -0.05) is 24.3 Å². The summed E-state index contributed by atoms with van der Waals surface area (Å²) in [4.78, 5) is 35.9. The normalized spacial score (nSPS) is 16.7. The number of nitrogens with zero attached hydrogens (tertiary/aromatic N) is 16. The van der Waals surface area contributed by atoms with Crippen LogP contribution in [0.3, 0.4) is 0 Å². The molecule has 548 valence electrons. The highest BCUT2D eigenvalue weighted by Gasteiger charge is 2.29. The molecule has 8 aromatic heterocycles. The van der Waals surface area contributed by atoms with Crippen LogP contribution in [-0.4, -0.2) is 168 Å². The van der Waals surface area contributed by atoms with Gasteiger partial charge in [-0.3, -0.25) is 58.6 Å². The molecule has 0 bridgehead atoms. The number of ether oxygens (including phenoxy) is 7. The maximum atomic E-state index is 11.6. The zero-order valence-electron chi connectivity index (χ0n) is 59.8. The topological polar surface area (TPSA) is 319 Å². The quantitative estimate of drug-likeness (QED) is 0.0654. The molecule has 7 aliphatic rings. The number of methoxy groups -OCH3 is 1. The first-order valence-corrected chi connectivity index (χ1v) is 37.5. The van der Waals surface area contributed by atoms with Gasteiger partial charge in [0.25, 0.3) is 0 Å². The minimum atomic E-state index is -2.91. The minimum Gasteiger partial charge on any atom is -0.476 e. The van der Waals surface area contributed by atoms with E-state index in [-0.39, 0.29) is 23.7 Å². The van der Waals surface area contributed by atoms with E-state index in [1.165, 1.54) is 0 Å². The van der Waals surface area contributed by atoms with Crippen molar-refractivity contribution in [3.8, 4) is 23.5 Å². The second kappa shape index (κ2) is 30.8. The fourth-order valence-corrected chi connectivity index (χ4v) is 14.9. The predicted molar refractivity (Wildman–Crippen MR) is 409 cm³/mol. The summed E-state index contributed by atoms with van der Waals surface area (Å²) in [5.74, 6) is 6.54. The van der Waals surface area contributed by atoms with E-state index in [4.69, 9.17) is 33.2 Å². The first-order chi connectivity index (χ1) is 52.3. The number of aryl methyl sites for hydroxylation is 4. The Kier molecular flexibility index (Phi) is 20.0. The highest BCUT2D eigenvalue weighted by molar-refractivity contribution is 7.91. The molecular formula is C77H80N20O9S. The van der Waals surface area contributed by atoms with E-state index >= 15 is 0 Å². The van der Waals surface area contributed by atoms with Gasteiger partial charge in [0.2, 0.25) is 23.5 Å². The highest BCUT2D eigenvalue weighted by Crippen LogP contribution is 2.35. The molecule has 1 unspecified atom stereocenters. The zero-order valence-corrected chi connectivity index (χ0v) is 60.7. The van der Waals surface area contributed by atoms with Gasteiger partial charge in [-0.2, -0.15) is 0 Å². The van der Waals surface area contributed by atoms with Crippen LogP contribution in [0.5, 0.6) is 23.5 Å². The molecule has 107 heavy (non-hydrogen) atoms. The molecule has 1 atom stereocenters. The largest absolute Gasteiger partial charge is 0.476 e. The van der Waals surface area contributed by atoms with Crippen molar-refractivity contribution in [1.82, 2.24) is 59.1 Å². The van der Waals surface area contributed by atoms with Crippen molar-refractivity contribution in [3.05, 3.63) is 191 Å². The zero-order chi connectivity index (χ0) is 73.0. The molecular weight excluding hydrogens is 1380 g/mol. The van der Waals surface area contributed by atoms with Gasteiger partial charge in [0.1, 0.15) is 35.0 Å². The van der Waals surface area contributed by atoms with E-state index < -0.39 is 9.84 Å². The lowest BCUT2D eigenvalue weighted by molar-refractivity contribution is -0.0512. The number of pyridine rings is 4. The molecule has 4 aromatic carbocycles. The van der Waals surface area contributed by atoms with E-state index in [0.29, 0.717) is 94.9 Å². The Bertz CT molecular complexity index is 5550. The third-order valence-electron chi connectivity index (χ3n) is 19.3. The molecule has 0 aliphatic carbocycles. The Labute approximate surface area is 616 Å². The van der Waals surface area contributed by atoms with Gasteiger partial charge >= 0.3 is 0 Å². The molecule has 3 fully saturated rings. The van der Waals surface area contributed by atoms with Crippen LogP contribution < -0.4 is 40.2 Å². The summed E-state index contributed by atoms with van der Waals surface area (Å²) in [6.07, 6.45) is 9.86. The Morgan fingerprint density at radius 1 is 0.439 bits per heavy atom. The van der Waals surface area contributed by atoms with Crippen molar-refractivity contribution in [1.29, 1.82) is 0 Å².